The molecular weight excluding hydrogens is 202 g/mol. The summed E-state index contributed by atoms with van der Waals surface area (Å²) in [4.78, 5) is 11.9. The molecule has 0 aromatic heterocycles. The van der Waals surface area contributed by atoms with Crippen LogP contribution in [0.4, 0.5) is 5.69 Å². The third-order valence-corrected chi connectivity index (χ3v) is 3.33. The molecule has 1 aromatic rings. The molecule has 3 aliphatic rings. The smallest absolute Gasteiger partial charge is 0.252 e. The maximum Gasteiger partial charge on any atom is 0.252 e. The highest BCUT2D eigenvalue weighted by Gasteiger charge is 2.35. The number of hydrogen-bond donors (Lipinski definition) is 1. The summed E-state index contributed by atoms with van der Waals surface area (Å²) in [5, 5.41) is 12.7. The van der Waals surface area contributed by atoms with Crippen molar-refractivity contribution in [1.29, 1.82) is 0 Å². The maximum atomic E-state index is 11.9. The summed E-state index contributed by atoms with van der Waals surface area (Å²) in [5.74, 6) is 0.529. The second kappa shape index (κ2) is 2.58. The number of rotatable bonds is 1. The molecule has 0 unspecified atom stereocenters. The minimum Gasteiger partial charge on any atom is -0.321 e. The number of nitrogens with zero attached hydrogens (tertiary/aromatic N) is 2. The van der Waals surface area contributed by atoms with Crippen LogP contribution in [-0.2, 0) is 4.79 Å². The Morgan fingerprint density at radius 2 is 2.19 bits per heavy atom. The lowest BCUT2D eigenvalue weighted by atomic mass is 10.1. The minimum absolute atomic E-state index is 0.0613. The Balaban J connectivity index is 2.11. The first-order valence-corrected chi connectivity index (χ1v) is 5.44. The summed E-state index contributed by atoms with van der Waals surface area (Å²) < 4.78 is 0. The molecule has 2 aliphatic heterocycles. The molecule has 78 valence electrons. The van der Waals surface area contributed by atoms with Crippen LogP contribution in [0, 0.1) is 5.92 Å². The topological polar surface area (TPSA) is 53.8 Å². The van der Waals surface area contributed by atoms with Crippen molar-refractivity contribution >= 4 is 23.4 Å². The van der Waals surface area contributed by atoms with Crippen molar-refractivity contribution in [3.8, 4) is 0 Å². The van der Waals surface area contributed by atoms with E-state index in [-0.39, 0.29) is 5.91 Å². The van der Waals surface area contributed by atoms with Crippen molar-refractivity contribution in [3.63, 3.8) is 0 Å². The molecule has 0 radical (unpaired) electrons. The van der Waals surface area contributed by atoms with E-state index >= 15 is 0 Å². The van der Waals surface area contributed by atoms with Gasteiger partial charge < -0.3 is 5.32 Å². The lowest BCUT2D eigenvalue weighted by Crippen LogP contribution is -2.15. The van der Waals surface area contributed by atoms with Crippen molar-refractivity contribution in [1.82, 2.24) is 0 Å². The van der Waals surface area contributed by atoms with Gasteiger partial charge in [0.05, 0.1) is 17.3 Å². The molecular formula is C12H9N3O. The maximum absolute atomic E-state index is 11.9. The second-order valence-corrected chi connectivity index (χ2v) is 4.41. The van der Waals surface area contributed by atoms with Crippen molar-refractivity contribution in [3.05, 3.63) is 28.3 Å². The van der Waals surface area contributed by atoms with E-state index in [0.29, 0.717) is 5.92 Å². The fourth-order valence-corrected chi connectivity index (χ4v) is 2.41. The summed E-state index contributed by atoms with van der Waals surface area (Å²) in [5.41, 5.74) is 2.80. The molecule has 2 heterocycles. The molecule has 1 fully saturated rings. The molecule has 1 N–H and O–H groups in total. The number of carbonyl (C=O) groups is 1. The van der Waals surface area contributed by atoms with Gasteiger partial charge in [0.15, 0.2) is 0 Å². The van der Waals surface area contributed by atoms with Gasteiger partial charge in [-0.05, 0) is 24.8 Å². The minimum atomic E-state index is 0.0613. The average Bonchev–Trinajstić information content (AvgIpc) is 2.89. The van der Waals surface area contributed by atoms with Crippen LogP contribution in [0.25, 0.3) is 5.57 Å². The van der Waals surface area contributed by atoms with Gasteiger partial charge in [0.2, 0.25) is 0 Å². The first kappa shape index (κ1) is 8.21. The number of carbonyl (C=O) groups excluding carboxylic acids is 1. The molecule has 0 saturated heterocycles. The van der Waals surface area contributed by atoms with Gasteiger partial charge in [0.25, 0.3) is 5.91 Å². The van der Waals surface area contributed by atoms with E-state index in [1.165, 1.54) is 0 Å². The van der Waals surface area contributed by atoms with Gasteiger partial charge in [-0.15, -0.1) is 0 Å². The molecule has 1 saturated carbocycles. The zero-order chi connectivity index (χ0) is 10.7. The van der Waals surface area contributed by atoms with E-state index in [9.17, 15) is 4.79 Å². The van der Waals surface area contributed by atoms with Crippen molar-refractivity contribution in [2.24, 2.45) is 16.1 Å². The molecule has 16 heavy (non-hydrogen) atoms. The Hall–Kier alpha value is -1.97. The lowest BCUT2D eigenvalue weighted by Gasteiger charge is -1.98. The Kier molecular flexibility index (Phi) is 1.32. The van der Waals surface area contributed by atoms with E-state index in [1.807, 2.05) is 12.1 Å². The Morgan fingerprint density at radius 1 is 1.31 bits per heavy atom. The van der Waals surface area contributed by atoms with Crippen LogP contribution in [0.5, 0.6) is 0 Å². The van der Waals surface area contributed by atoms with Crippen LogP contribution < -0.4 is 15.9 Å². The third-order valence-electron chi connectivity index (χ3n) is 3.33. The molecule has 4 heteroatoms. The highest BCUT2D eigenvalue weighted by molar-refractivity contribution is 6.26. The van der Waals surface area contributed by atoms with E-state index in [2.05, 4.69) is 15.5 Å². The summed E-state index contributed by atoms with van der Waals surface area (Å²) in [6.45, 7) is 0. The van der Waals surface area contributed by atoms with Gasteiger partial charge in [0.1, 0.15) is 0 Å². The molecule has 1 aliphatic carbocycles. The zero-order valence-corrected chi connectivity index (χ0v) is 8.53. The quantitative estimate of drug-likeness (QED) is 0.707. The van der Waals surface area contributed by atoms with Gasteiger partial charge >= 0.3 is 0 Å². The fourth-order valence-electron chi connectivity index (χ4n) is 2.41. The van der Waals surface area contributed by atoms with Crippen LogP contribution in [0.15, 0.2) is 22.3 Å². The molecule has 1 amide bonds. The molecule has 4 nitrogen and oxygen atoms in total. The van der Waals surface area contributed by atoms with Gasteiger partial charge in [-0.25, -0.2) is 0 Å². The number of hydrogen-bond acceptors (Lipinski definition) is 3. The van der Waals surface area contributed by atoms with Crippen LogP contribution in [0.3, 0.4) is 0 Å². The van der Waals surface area contributed by atoms with Crippen molar-refractivity contribution in [2.75, 3.05) is 5.32 Å². The summed E-state index contributed by atoms with van der Waals surface area (Å²) in [6.07, 6.45) is 3.99. The zero-order valence-electron chi connectivity index (χ0n) is 8.53. The molecule has 4 rings (SSSR count). The van der Waals surface area contributed by atoms with Crippen LogP contribution >= 0.6 is 0 Å². The van der Waals surface area contributed by atoms with E-state index in [0.717, 1.165) is 40.2 Å². The van der Waals surface area contributed by atoms with E-state index in [4.69, 9.17) is 0 Å². The van der Waals surface area contributed by atoms with Crippen molar-refractivity contribution < 1.29 is 4.79 Å². The standard InChI is InChI=1S/C12H9N3O/c16-12-10(6-1-2-6)7-3-4-9-8(5-13-15-9)11(7)14-12/h3-6H,1-2H2,(H,14,16). The molecule has 0 atom stereocenters. The number of amides is 1. The number of fused-ring (bicyclic) bond motifs is 3. The Bertz CT molecular complexity index is 668. The van der Waals surface area contributed by atoms with Gasteiger partial charge in [-0.2, -0.15) is 10.2 Å². The largest absolute Gasteiger partial charge is 0.321 e. The number of anilines is 1. The van der Waals surface area contributed by atoms with Crippen molar-refractivity contribution in [2.45, 2.75) is 12.8 Å². The van der Waals surface area contributed by atoms with E-state index < -0.39 is 0 Å². The number of benzene rings is 1. The first-order chi connectivity index (χ1) is 7.84. The predicted octanol–water partition coefficient (Wildman–Crippen LogP) is 0.166. The SMILES string of the molecule is O=C1Nc2c3c(ccc2=C1C1CC1)=NN=C3. The lowest BCUT2D eigenvalue weighted by molar-refractivity contribution is -0.111. The third kappa shape index (κ3) is 0.913. The van der Waals surface area contributed by atoms with E-state index in [1.54, 1.807) is 6.21 Å². The molecule has 1 aromatic carbocycles. The summed E-state index contributed by atoms with van der Waals surface area (Å²) in [7, 11) is 0. The molecule has 0 bridgehead atoms. The van der Waals surface area contributed by atoms with Crippen LogP contribution in [-0.4, -0.2) is 12.1 Å². The van der Waals surface area contributed by atoms with Crippen LogP contribution in [0.2, 0.25) is 0 Å². The second-order valence-electron chi connectivity index (χ2n) is 4.41. The fraction of sp³-hybridized carbons (Fsp3) is 0.250. The van der Waals surface area contributed by atoms with Gasteiger partial charge in [0, 0.05) is 16.4 Å². The average molecular weight is 211 g/mol. The monoisotopic (exact) mass is 211 g/mol. The first-order valence-electron chi connectivity index (χ1n) is 5.44. The predicted molar refractivity (Wildman–Crippen MR) is 59.6 cm³/mol. The van der Waals surface area contributed by atoms with Gasteiger partial charge in [-0.3, -0.25) is 4.79 Å². The highest BCUT2D eigenvalue weighted by Crippen LogP contribution is 2.39. The Morgan fingerprint density at radius 3 is 3.00 bits per heavy atom. The molecule has 0 spiro atoms. The van der Waals surface area contributed by atoms with Crippen LogP contribution in [0.1, 0.15) is 18.4 Å². The summed E-state index contributed by atoms with van der Waals surface area (Å²) >= 11 is 0. The summed E-state index contributed by atoms with van der Waals surface area (Å²) in [6, 6.07) is 3.92. The Labute approximate surface area is 91.4 Å². The van der Waals surface area contributed by atoms with Gasteiger partial charge in [-0.1, -0.05) is 6.07 Å². The number of nitrogens with one attached hydrogen (secondary N) is 1. The highest BCUT2D eigenvalue weighted by atomic mass is 16.1. The normalized spacial score (nSPS) is 20.5.